The van der Waals surface area contributed by atoms with Crippen LogP contribution in [0.2, 0.25) is 0 Å². The predicted molar refractivity (Wildman–Crippen MR) is 93.3 cm³/mol. The van der Waals surface area contributed by atoms with Gasteiger partial charge in [-0.15, -0.1) is 0 Å². The molecular formula is C21H34O3. The summed E-state index contributed by atoms with van der Waals surface area (Å²) in [6.07, 6.45) is 7.76. The van der Waals surface area contributed by atoms with Crippen molar-refractivity contribution >= 4 is 5.78 Å². The Balaban J connectivity index is 1.66. The Kier molecular flexibility index (Phi) is 3.93. The molecule has 24 heavy (non-hydrogen) atoms. The van der Waals surface area contributed by atoms with Gasteiger partial charge in [0.25, 0.3) is 0 Å². The van der Waals surface area contributed by atoms with Gasteiger partial charge in [-0.3, -0.25) is 4.79 Å². The van der Waals surface area contributed by atoms with Gasteiger partial charge in [0.2, 0.25) is 0 Å². The normalized spacial score (nSPS) is 57.0. The van der Waals surface area contributed by atoms with Gasteiger partial charge in [0.1, 0.15) is 5.78 Å². The van der Waals surface area contributed by atoms with E-state index in [0.717, 1.165) is 51.4 Å². The lowest BCUT2D eigenvalue weighted by molar-refractivity contribution is -0.173. The Hall–Kier alpha value is -0.410. The van der Waals surface area contributed by atoms with E-state index in [2.05, 4.69) is 13.8 Å². The van der Waals surface area contributed by atoms with Crippen molar-refractivity contribution in [1.29, 1.82) is 0 Å². The molecule has 2 N–H and O–H groups in total. The maximum atomic E-state index is 12.2. The van der Waals surface area contributed by atoms with Crippen LogP contribution in [0.5, 0.6) is 0 Å². The smallest absolute Gasteiger partial charge is 0.133 e. The standard InChI is InChI=1S/C21H34O3/c1-12(22)15-4-5-16-19-17(7-9-21(15,16)3)20(2)8-6-14(23)10-13(20)11-18(19)24/h13-19,23-24H,4-11H2,1-3H3/t13-,14-,15-,16+,17+,18-,19+,20+,21-/m1/s1. The van der Waals surface area contributed by atoms with Gasteiger partial charge in [-0.1, -0.05) is 13.8 Å². The first kappa shape index (κ1) is 17.0. The molecule has 3 nitrogen and oxygen atoms in total. The van der Waals surface area contributed by atoms with Crippen LogP contribution < -0.4 is 0 Å². The van der Waals surface area contributed by atoms with Crippen molar-refractivity contribution in [3.05, 3.63) is 0 Å². The molecule has 136 valence electrons. The van der Waals surface area contributed by atoms with Crippen molar-refractivity contribution in [2.75, 3.05) is 0 Å². The minimum Gasteiger partial charge on any atom is -0.393 e. The van der Waals surface area contributed by atoms with Crippen LogP contribution in [0.4, 0.5) is 0 Å². The summed E-state index contributed by atoms with van der Waals surface area (Å²) < 4.78 is 0. The summed E-state index contributed by atoms with van der Waals surface area (Å²) in [6.45, 7) is 6.54. The summed E-state index contributed by atoms with van der Waals surface area (Å²) in [7, 11) is 0. The van der Waals surface area contributed by atoms with Crippen molar-refractivity contribution in [3.63, 3.8) is 0 Å². The number of fused-ring (bicyclic) bond motifs is 5. The lowest BCUT2D eigenvalue weighted by Gasteiger charge is -2.62. The monoisotopic (exact) mass is 334 g/mol. The Bertz CT molecular complexity index is 531. The van der Waals surface area contributed by atoms with Crippen LogP contribution >= 0.6 is 0 Å². The van der Waals surface area contributed by atoms with E-state index in [-0.39, 0.29) is 29.0 Å². The molecule has 0 amide bonds. The molecule has 0 bridgehead atoms. The zero-order valence-electron chi connectivity index (χ0n) is 15.5. The summed E-state index contributed by atoms with van der Waals surface area (Å²) in [5, 5.41) is 21.2. The molecule has 3 heteroatoms. The van der Waals surface area contributed by atoms with Crippen LogP contribution in [0, 0.1) is 40.4 Å². The summed E-state index contributed by atoms with van der Waals surface area (Å²) in [6, 6.07) is 0. The zero-order valence-corrected chi connectivity index (χ0v) is 15.5. The Morgan fingerprint density at radius 3 is 2.29 bits per heavy atom. The average Bonchev–Trinajstić information content (AvgIpc) is 2.86. The molecule has 9 atom stereocenters. The van der Waals surface area contributed by atoms with Gasteiger partial charge in [-0.25, -0.2) is 0 Å². The molecule has 4 fully saturated rings. The fraction of sp³-hybridized carbons (Fsp3) is 0.952. The predicted octanol–water partition coefficient (Wildman–Crippen LogP) is 3.57. The van der Waals surface area contributed by atoms with E-state index in [1.54, 1.807) is 6.92 Å². The highest BCUT2D eigenvalue weighted by Crippen LogP contribution is 2.67. The number of carbonyl (C=O) groups excluding carboxylic acids is 1. The summed E-state index contributed by atoms with van der Waals surface area (Å²) >= 11 is 0. The average molecular weight is 335 g/mol. The highest BCUT2D eigenvalue weighted by Gasteiger charge is 2.62. The fourth-order valence-corrected chi connectivity index (χ4v) is 7.87. The molecule has 0 saturated heterocycles. The number of rotatable bonds is 1. The summed E-state index contributed by atoms with van der Waals surface area (Å²) in [5.41, 5.74) is 0.379. The third-order valence-electron chi connectivity index (χ3n) is 9.15. The van der Waals surface area contributed by atoms with Crippen LogP contribution in [-0.4, -0.2) is 28.2 Å². The van der Waals surface area contributed by atoms with E-state index in [1.165, 1.54) is 0 Å². The molecule has 0 aromatic rings. The van der Waals surface area contributed by atoms with E-state index < -0.39 is 0 Å². The van der Waals surface area contributed by atoms with Gasteiger partial charge in [-0.2, -0.15) is 0 Å². The quantitative estimate of drug-likeness (QED) is 0.771. The van der Waals surface area contributed by atoms with Crippen LogP contribution in [0.1, 0.15) is 72.1 Å². The lowest BCUT2D eigenvalue weighted by atomic mass is 9.44. The van der Waals surface area contributed by atoms with Gasteiger partial charge in [-0.05, 0) is 92.8 Å². The molecule has 0 aromatic heterocycles. The zero-order chi connectivity index (χ0) is 17.3. The van der Waals surface area contributed by atoms with Crippen molar-refractivity contribution in [2.24, 2.45) is 40.4 Å². The number of hydrogen-bond donors (Lipinski definition) is 2. The lowest BCUT2D eigenvalue weighted by Crippen LogP contribution is -2.58. The first-order chi connectivity index (χ1) is 11.3. The van der Waals surface area contributed by atoms with Gasteiger partial charge < -0.3 is 10.2 Å². The van der Waals surface area contributed by atoms with Crippen LogP contribution in [0.25, 0.3) is 0 Å². The molecule has 4 saturated carbocycles. The second-order valence-electron chi connectivity index (χ2n) is 10.0. The molecule has 4 aliphatic rings. The highest BCUT2D eigenvalue weighted by atomic mass is 16.3. The third kappa shape index (κ3) is 2.19. The molecule has 0 aromatic carbocycles. The Morgan fingerprint density at radius 2 is 1.58 bits per heavy atom. The number of aliphatic hydroxyl groups is 2. The first-order valence-corrected chi connectivity index (χ1v) is 10.1. The van der Waals surface area contributed by atoms with E-state index in [4.69, 9.17) is 0 Å². The van der Waals surface area contributed by atoms with Gasteiger partial charge in [0.15, 0.2) is 0 Å². The van der Waals surface area contributed by atoms with E-state index in [1.807, 2.05) is 0 Å². The van der Waals surface area contributed by atoms with Crippen molar-refractivity contribution in [1.82, 2.24) is 0 Å². The molecule has 0 aliphatic heterocycles. The largest absolute Gasteiger partial charge is 0.393 e. The second-order valence-corrected chi connectivity index (χ2v) is 10.0. The molecule has 0 unspecified atom stereocenters. The number of hydrogen-bond acceptors (Lipinski definition) is 3. The number of ketones is 1. The minimum atomic E-state index is -0.242. The second kappa shape index (κ2) is 5.54. The number of Topliss-reactive ketones (excluding diaryl/α,β-unsaturated/α-hetero) is 1. The maximum absolute atomic E-state index is 12.2. The van der Waals surface area contributed by atoms with Crippen molar-refractivity contribution in [2.45, 2.75) is 84.3 Å². The molecule has 0 spiro atoms. The van der Waals surface area contributed by atoms with Gasteiger partial charge in [0, 0.05) is 5.92 Å². The molecule has 0 heterocycles. The molecule has 4 rings (SSSR count). The topological polar surface area (TPSA) is 57.5 Å². The minimum absolute atomic E-state index is 0.103. The van der Waals surface area contributed by atoms with Crippen molar-refractivity contribution < 1.29 is 15.0 Å². The van der Waals surface area contributed by atoms with Crippen LogP contribution in [-0.2, 0) is 4.79 Å². The maximum Gasteiger partial charge on any atom is 0.133 e. The van der Waals surface area contributed by atoms with E-state index in [0.29, 0.717) is 29.5 Å². The van der Waals surface area contributed by atoms with Gasteiger partial charge >= 0.3 is 0 Å². The fourth-order valence-electron chi connectivity index (χ4n) is 7.87. The van der Waals surface area contributed by atoms with Crippen LogP contribution in [0.15, 0.2) is 0 Å². The first-order valence-electron chi connectivity index (χ1n) is 10.1. The van der Waals surface area contributed by atoms with E-state index >= 15 is 0 Å². The Labute approximate surface area is 146 Å². The van der Waals surface area contributed by atoms with Crippen molar-refractivity contribution in [3.8, 4) is 0 Å². The SMILES string of the molecule is CC(=O)[C@H]1CC[C@H]2[C@@H]3[C@H](O)C[C@H]4C[C@H](O)CC[C@]4(C)[C@H]3CC[C@]12C. The molecular weight excluding hydrogens is 300 g/mol. The molecule has 0 radical (unpaired) electrons. The summed E-state index contributed by atoms with van der Waals surface area (Å²) in [4.78, 5) is 12.2. The number of aliphatic hydroxyl groups excluding tert-OH is 2. The summed E-state index contributed by atoms with van der Waals surface area (Å²) in [5.74, 6) is 2.46. The highest BCUT2D eigenvalue weighted by molar-refractivity contribution is 5.79. The molecule has 4 aliphatic carbocycles. The number of carbonyl (C=O) groups is 1. The third-order valence-corrected chi connectivity index (χ3v) is 9.15. The van der Waals surface area contributed by atoms with Gasteiger partial charge in [0.05, 0.1) is 12.2 Å². The van der Waals surface area contributed by atoms with Crippen LogP contribution in [0.3, 0.4) is 0 Å². The Morgan fingerprint density at radius 1 is 0.917 bits per heavy atom. The van der Waals surface area contributed by atoms with E-state index in [9.17, 15) is 15.0 Å².